The molecule has 0 saturated carbocycles. The quantitative estimate of drug-likeness (QED) is 0.629. The molecular formula is C15H22N4OS. The summed E-state index contributed by atoms with van der Waals surface area (Å²) in [5.74, 6) is 7.30. The van der Waals surface area contributed by atoms with Gasteiger partial charge in [0.2, 0.25) is 5.16 Å². The maximum absolute atomic E-state index is 6.09. The molecule has 0 bridgehead atoms. The number of hydrogen-bond acceptors (Lipinski definition) is 5. The van der Waals surface area contributed by atoms with Crippen LogP contribution in [-0.4, -0.2) is 28.6 Å². The van der Waals surface area contributed by atoms with Crippen molar-refractivity contribution in [2.24, 2.45) is 5.92 Å². The second-order valence-corrected chi connectivity index (χ2v) is 6.31. The van der Waals surface area contributed by atoms with Crippen molar-refractivity contribution < 1.29 is 4.74 Å². The number of ether oxygens (including phenoxy) is 1. The molecule has 1 aromatic heterocycles. The van der Waals surface area contributed by atoms with Gasteiger partial charge in [-0.05, 0) is 11.5 Å². The van der Waals surface area contributed by atoms with Gasteiger partial charge in [-0.1, -0.05) is 55.9 Å². The number of methoxy groups -OCH3 is 1. The van der Waals surface area contributed by atoms with E-state index in [0.717, 1.165) is 11.0 Å². The molecule has 2 aromatic rings. The third-order valence-electron chi connectivity index (χ3n) is 3.23. The van der Waals surface area contributed by atoms with Gasteiger partial charge in [0.15, 0.2) is 5.82 Å². The SMILES string of the molecule is COCCc1nnc(S[C@@H](c2ccccc2)C(C)C)n1N. The topological polar surface area (TPSA) is 66.0 Å². The Labute approximate surface area is 129 Å². The van der Waals surface area contributed by atoms with Gasteiger partial charge in [-0.3, -0.25) is 0 Å². The summed E-state index contributed by atoms with van der Waals surface area (Å²) in [4.78, 5) is 0. The molecule has 114 valence electrons. The van der Waals surface area contributed by atoms with Crippen molar-refractivity contribution in [3.05, 3.63) is 41.7 Å². The highest BCUT2D eigenvalue weighted by atomic mass is 32.2. The van der Waals surface area contributed by atoms with Crippen LogP contribution >= 0.6 is 11.8 Å². The van der Waals surface area contributed by atoms with Crippen LogP contribution in [0.25, 0.3) is 0 Å². The van der Waals surface area contributed by atoms with Crippen LogP contribution in [0.1, 0.15) is 30.5 Å². The zero-order valence-corrected chi connectivity index (χ0v) is 13.5. The molecule has 0 aliphatic rings. The van der Waals surface area contributed by atoms with Crippen LogP contribution in [0.3, 0.4) is 0 Å². The van der Waals surface area contributed by atoms with E-state index in [9.17, 15) is 0 Å². The van der Waals surface area contributed by atoms with E-state index >= 15 is 0 Å². The van der Waals surface area contributed by atoms with Gasteiger partial charge >= 0.3 is 0 Å². The van der Waals surface area contributed by atoms with Crippen LogP contribution < -0.4 is 5.84 Å². The first-order chi connectivity index (χ1) is 10.1. The first-order valence-electron chi connectivity index (χ1n) is 7.03. The van der Waals surface area contributed by atoms with E-state index in [1.165, 1.54) is 5.56 Å². The second kappa shape index (κ2) is 7.47. The van der Waals surface area contributed by atoms with Crippen LogP contribution in [0.2, 0.25) is 0 Å². The Morgan fingerprint density at radius 3 is 2.57 bits per heavy atom. The normalized spacial score (nSPS) is 12.8. The van der Waals surface area contributed by atoms with Gasteiger partial charge in [-0.25, -0.2) is 4.68 Å². The molecule has 0 aliphatic heterocycles. The number of aromatic nitrogens is 3. The lowest BCUT2D eigenvalue weighted by molar-refractivity contribution is 0.200. The second-order valence-electron chi connectivity index (χ2n) is 5.20. The van der Waals surface area contributed by atoms with Crippen LogP contribution in [0.15, 0.2) is 35.5 Å². The van der Waals surface area contributed by atoms with Crippen molar-refractivity contribution in [3.8, 4) is 0 Å². The standard InChI is InChI=1S/C15H22N4OS/c1-11(2)14(12-7-5-4-6-8-12)21-15-18-17-13(19(15)16)9-10-20-3/h4-8,11,14H,9-10,16H2,1-3H3/t14-/m1/s1. The number of nitrogen functional groups attached to an aromatic ring is 1. The van der Waals surface area contributed by atoms with Crippen molar-refractivity contribution in [1.82, 2.24) is 14.9 Å². The average Bonchev–Trinajstić information content (AvgIpc) is 2.83. The molecule has 0 unspecified atom stereocenters. The molecule has 0 radical (unpaired) electrons. The molecular weight excluding hydrogens is 284 g/mol. The van der Waals surface area contributed by atoms with E-state index in [0.29, 0.717) is 24.2 Å². The lowest BCUT2D eigenvalue weighted by Gasteiger charge is -2.20. The fourth-order valence-corrected chi connectivity index (χ4v) is 3.20. The van der Waals surface area contributed by atoms with E-state index < -0.39 is 0 Å². The van der Waals surface area contributed by atoms with Gasteiger partial charge in [0, 0.05) is 18.8 Å². The Hall–Kier alpha value is -1.53. The van der Waals surface area contributed by atoms with Gasteiger partial charge in [-0.15, -0.1) is 10.2 Å². The molecule has 1 heterocycles. The predicted molar refractivity (Wildman–Crippen MR) is 85.6 cm³/mol. The third kappa shape index (κ3) is 3.98. The highest BCUT2D eigenvalue weighted by Crippen LogP contribution is 2.39. The van der Waals surface area contributed by atoms with Crippen LogP contribution in [0.5, 0.6) is 0 Å². The molecule has 1 atom stereocenters. The average molecular weight is 306 g/mol. The Kier molecular flexibility index (Phi) is 5.64. The predicted octanol–water partition coefficient (Wildman–Crippen LogP) is 2.67. The minimum atomic E-state index is 0.299. The summed E-state index contributed by atoms with van der Waals surface area (Å²) in [5.41, 5.74) is 1.28. The fraction of sp³-hybridized carbons (Fsp3) is 0.467. The summed E-state index contributed by atoms with van der Waals surface area (Å²) in [6, 6.07) is 10.4. The molecule has 6 heteroatoms. The van der Waals surface area contributed by atoms with Crippen molar-refractivity contribution in [2.75, 3.05) is 19.6 Å². The van der Waals surface area contributed by atoms with Crippen molar-refractivity contribution in [1.29, 1.82) is 0 Å². The van der Waals surface area contributed by atoms with Crippen molar-refractivity contribution in [3.63, 3.8) is 0 Å². The number of nitrogens with zero attached hydrogens (tertiary/aromatic N) is 3. The van der Waals surface area contributed by atoms with Gasteiger partial charge in [-0.2, -0.15) is 0 Å². The number of benzene rings is 1. The summed E-state index contributed by atoms with van der Waals surface area (Å²) in [7, 11) is 1.66. The maximum atomic E-state index is 6.09. The highest BCUT2D eigenvalue weighted by molar-refractivity contribution is 7.99. The van der Waals surface area contributed by atoms with Crippen LogP contribution in [-0.2, 0) is 11.2 Å². The Morgan fingerprint density at radius 2 is 1.95 bits per heavy atom. The smallest absolute Gasteiger partial charge is 0.210 e. The van der Waals surface area contributed by atoms with E-state index in [1.54, 1.807) is 23.5 Å². The first-order valence-corrected chi connectivity index (χ1v) is 7.91. The minimum Gasteiger partial charge on any atom is -0.384 e. The Bertz CT molecular complexity index is 556. The van der Waals surface area contributed by atoms with Crippen molar-refractivity contribution in [2.45, 2.75) is 30.7 Å². The molecule has 0 fully saturated rings. The number of rotatable bonds is 7. The monoisotopic (exact) mass is 306 g/mol. The summed E-state index contributed by atoms with van der Waals surface area (Å²) >= 11 is 1.65. The van der Waals surface area contributed by atoms with E-state index in [4.69, 9.17) is 10.6 Å². The summed E-state index contributed by atoms with van der Waals surface area (Å²) < 4.78 is 6.63. The Morgan fingerprint density at radius 1 is 1.24 bits per heavy atom. The van der Waals surface area contributed by atoms with E-state index in [-0.39, 0.29) is 0 Å². The van der Waals surface area contributed by atoms with E-state index in [1.807, 2.05) is 6.07 Å². The number of nitrogens with two attached hydrogens (primary N) is 1. The largest absolute Gasteiger partial charge is 0.384 e. The molecule has 0 amide bonds. The minimum absolute atomic E-state index is 0.299. The van der Waals surface area contributed by atoms with Gasteiger partial charge in [0.25, 0.3) is 0 Å². The zero-order chi connectivity index (χ0) is 15.2. The summed E-state index contributed by atoms with van der Waals surface area (Å²) in [5, 5.41) is 9.40. The lowest BCUT2D eigenvalue weighted by atomic mass is 10.0. The molecule has 0 saturated heterocycles. The molecule has 0 aliphatic carbocycles. The molecule has 2 rings (SSSR count). The molecule has 5 nitrogen and oxygen atoms in total. The third-order valence-corrected chi connectivity index (χ3v) is 4.79. The fourth-order valence-electron chi connectivity index (χ4n) is 2.10. The summed E-state index contributed by atoms with van der Waals surface area (Å²) in [6.07, 6.45) is 0.665. The zero-order valence-electron chi connectivity index (χ0n) is 12.7. The maximum Gasteiger partial charge on any atom is 0.210 e. The Balaban J connectivity index is 2.16. The molecule has 1 aromatic carbocycles. The van der Waals surface area contributed by atoms with Crippen LogP contribution in [0.4, 0.5) is 0 Å². The number of thioether (sulfide) groups is 1. The highest BCUT2D eigenvalue weighted by Gasteiger charge is 2.21. The number of hydrogen-bond donors (Lipinski definition) is 1. The van der Waals surface area contributed by atoms with E-state index in [2.05, 4.69) is 48.3 Å². The van der Waals surface area contributed by atoms with Gasteiger partial charge in [0.05, 0.1) is 6.61 Å². The van der Waals surface area contributed by atoms with Gasteiger partial charge in [0.1, 0.15) is 0 Å². The van der Waals surface area contributed by atoms with Crippen LogP contribution in [0, 0.1) is 5.92 Å². The lowest BCUT2D eigenvalue weighted by Crippen LogP contribution is -2.16. The molecule has 2 N–H and O–H groups in total. The summed E-state index contributed by atoms with van der Waals surface area (Å²) in [6.45, 7) is 4.99. The van der Waals surface area contributed by atoms with Gasteiger partial charge < -0.3 is 10.6 Å². The molecule has 21 heavy (non-hydrogen) atoms. The molecule has 0 spiro atoms. The van der Waals surface area contributed by atoms with Crippen molar-refractivity contribution >= 4 is 11.8 Å². The first kappa shape index (κ1) is 15.9.